The minimum absolute atomic E-state index is 0.534. The normalized spacial score (nSPS) is 11.2. The Morgan fingerprint density at radius 2 is 1.97 bits per heavy atom. The number of halogens is 1. The molecule has 7 heteroatoms. The number of fused-ring (bicyclic) bond motifs is 3. The van der Waals surface area contributed by atoms with Crippen molar-refractivity contribution in [2.24, 2.45) is 0 Å². The van der Waals surface area contributed by atoms with Gasteiger partial charge in [0.05, 0.1) is 25.1 Å². The van der Waals surface area contributed by atoms with Crippen LogP contribution in [0.3, 0.4) is 0 Å². The minimum Gasteiger partial charge on any atom is -0.497 e. The fraction of sp³-hybridized carbons (Fsp3) is 0.304. The summed E-state index contributed by atoms with van der Waals surface area (Å²) in [7, 11) is 3.29. The molecule has 0 aliphatic rings. The van der Waals surface area contributed by atoms with E-state index in [-0.39, 0.29) is 0 Å². The van der Waals surface area contributed by atoms with Crippen molar-refractivity contribution >= 4 is 43.8 Å². The second-order valence-corrected chi connectivity index (χ2v) is 7.87. The molecule has 0 saturated heterocycles. The maximum absolute atomic E-state index is 6.17. The summed E-state index contributed by atoms with van der Waals surface area (Å²) in [6.45, 7) is 2.69. The molecule has 0 amide bonds. The lowest BCUT2D eigenvalue weighted by Gasteiger charge is -2.12. The molecule has 0 bridgehead atoms. The van der Waals surface area contributed by atoms with Crippen LogP contribution in [0.25, 0.3) is 22.0 Å². The molecule has 2 aromatic heterocycles. The Bertz CT molecular complexity index is 1190. The first-order valence-corrected chi connectivity index (χ1v) is 10.8. The van der Waals surface area contributed by atoms with Crippen LogP contribution < -0.4 is 14.8 Å². The van der Waals surface area contributed by atoms with E-state index in [0.29, 0.717) is 12.4 Å². The maximum atomic E-state index is 6.17. The van der Waals surface area contributed by atoms with Crippen molar-refractivity contribution in [2.75, 3.05) is 19.5 Å². The first-order chi connectivity index (χ1) is 14.6. The molecular weight excluding hydrogens is 446 g/mol. The first-order valence-electron chi connectivity index (χ1n) is 9.97. The molecule has 2 aromatic carbocycles. The molecule has 156 valence electrons. The second-order valence-electron chi connectivity index (χ2n) is 7.01. The van der Waals surface area contributed by atoms with Gasteiger partial charge >= 0.3 is 0 Å². The lowest BCUT2D eigenvalue weighted by atomic mass is 10.1. The molecule has 4 rings (SSSR count). The smallest absolute Gasteiger partial charge is 0.195 e. The third kappa shape index (κ3) is 3.94. The summed E-state index contributed by atoms with van der Waals surface area (Å²) in [5.74, 6) is 2.94. The van der Waals surface area contributed by atoms with Gasteiger partial charge in [0.15, 0.2) is 22.8 Å². The van der Waals surface area contributed by atoms with Gasteiger partial charge in [0.1, 0.15) is 11.5 Å². The van der Waals surface area contributed by atoms with Gasteiger partial charge in [-0.2, -0.15) is 0 Å². The van der Waals surface area contributed by atoms with Crippen molar-refractivity contribution in [1.82, 2.24) is 9.97 Å². The predicted molar refractivity (Wildman–Crippen MR) is 122 cm³/mol. The van der Waals surface area contributed by atoms with Crippen LogP contribution in [-0.2, 0) is 13.0 Å². The molecule has 0 aliphatic heterocycles. The quantitative estimate of drug-likeness (QED) is 0.335. The standard InChI is InChI=1S/C23H24BrN3O3/c1-4-5-9-19-27-21-22(30-19)20-16(24)7-6-8-17(20)26-23(21)25-13-14-10-11-15(28-2)12-18(14)29-3/h6-8,10-12H,4-5,9,13H2,1-3H3,(H,25,26). The van der Waals surface area contributed by atoms with E-state index in [9.17, 15) is 0 Å². The first kappa shape index (κ1) is 20.5. The van der Waals surface area contributed by atoms with E-state index in [1.807, 2.05) is 36.4 Å². The van der Waals surface area contributed by atoms with Gasteiger partial charge in [0, 0.05) is 29.1 Å². The molecule has 6 nitrogen and oxygen atoms in total. The highest BCUT2D eigenvalue weighted by molar-refractivity contribution is 9.10. The highest BCUT2D eigenvalue weighted by Gasteiger charge is 2.18. The van der Waals surface area contributed by atoms with Crippen molar-refractivity contribution in [3.05, 3.63) is 52.3 Å². The van der Waals surface area contributed by atoms with E-state index in [4.69, 9.17) is 23.9 Å². The number of ether oxygens (including phenoxy) is 2. The maximum Gasteiger partial charge on any atom is 0.195 e. The molecule has 2 heterocycles. The number of hydrogen-bond acceptors (Lipinski definition) is 6. The number of nitrogens with zero attached hydrogens (tertiary/aromatic N) is 2. The lowest BCUT2D eigenvalue weighted by Crippen LogP contribution is -2.04. The van der Waals surface area contributed by atoms with Crippen molar-refractivity contribution < 1.29 is 13.9 Å². The zero-order valence-corrected chi connectivity index (χ0v) is 18.9. The highest BCUT2D eigenvalue weighted by atomic mass is 79.9. The third-order valence-electron chi connectivity index (χ3n) is 5.03. The number of anilines is 1. The van der Waals surface area contributed by atoms with Crippen LogP contribution >= 0.6 is 15.9 Å². The van der Waals surface area contributed by atoms with Crippen LogP contribution in [0.5, 0.6) is 11.5 Å². The van der Waals surface area contributed by atoms with Crippen molar-refractivity contribution in [3.63, 3.8) is 0 Å². The van der Waals surface area contributed by atoms with Gasteiger partial charge in [-0.3, -0.25) is 0 Å². The van der Waals surface area contributed by atoms with Crippen molar-refractivity contribution in [1.29, 1.82) is 0 Å². The van der Waals surface area contributed by atoms with Crippen molar-refractivity contribution in [2.45, 2.75) is 32.7 Å². The van der Waals surface area contributed by atoms with Crippen molar-refractivity contribution in [3.8, 4) is 11.5 Å². The Labute approximate surface area is 183 Å². The second kappa shape index (κ2) is 8.92. The number of rotatable bonds is 8. The summed E-state index contributed by atoms with van der Waals surface area (Å²) in [4.78, 5) is 9.59. The number of methoxy groups -OCH3 is 2. The van der Waals surface area contributed by atoms with Gasteiger partial charge in [-0.1, -0.05) is 19.4 Å². The Balaban J connectivity index is 1.75. The number of oxazole rings is 1. The van der Waals surface area contributed by atoms with E-state index < -0.39 is 0 Å². The monoisotopic (exact) mass is 469 g/mol. The molecule has 0 radical (unpaired) electrons. The van der Waals surface area contributed by atoms with E-state index in [2.05, 4.69) is 28.2 Å². The highest BCUT2D eigenvalue weighted by Crippen LogP contribution is 2.35. The van der Waals surface area contributed by atoms with Gasteiger partial charge in [0.25, 0.3) is 0 Å². The average molecular weight is 470 g/mol. The molecule has 30 heavy (non-hydrogen) atoms. The molecule has 0 spiro atoms. The Kier molecular flexibility index (Phi) is 6.08. The predicted octanol–water partition coefficient (Wildman–Crippen LogP) is 6.11. The topological polar surface area (TPSA) is 69.4 Å². The van der Waals surface area contributed by atoms with Gasteiger partial charge in [-0.25, -0.2) is 9.97 Å². The van der Waals surface area contributed by atoms with Crippen LogP contribution in [0, 0.1) is 0 Å². The van der Waals surface area contributed by atoms with Gasteiger partial charge in [-0.15, -0.1) is 0 Å². The molecule has 4 aromatic rings. The fourth-order valence-electron chi connectivity index (χ4n) is 3.43. The zero-order valence-electron chi connectivity index (χ0n) is 17.3. The largest absolute Gasteiger partial charge is 0.497 e. The molecule has 0 unspecified atom stereocenters. The Hall–Kier alpha value is -2.80. The van der Waals surface area contributed by atoms with E-state index >= 15 is 0 Å². The SMILES string of the molecule is CCCCc1nc2c(NCc3ccc(OC)cc3OC)nc3cccc(Br)c3c2o1. The average Bonchev–Trinajstić information content (AvgIpc) is 3.20. The molecule has 1 N–H and O–H groups in total. The number of pyridine rings is 1. The number of benzene rings is 2. The van der Waals surface area contributed by atoms with Crippen LogP contribution in [0.1, 0.15) is 31.2 Å². The number of aromatic nitrogens is 2. The van der Waals surface area contributed by atoms with Crippen LogP contribution in [-0.4, -0.2) is 24.2 Å². The summed E-state index contributed by atoms with van der Waals surface area (Å²) in [5.41, 5.74) is 3.34. The summed E-state index contributed by atoms with van der Waals surface area (Å²) in [5, 5.41) is 4.37. The van der Waals surface area contributed by atoms with E-state index in [1.54, 1.807) is 14.2 Å². The van der Waals surface area contributed by atoms with Crippen LogP contribution in [0.4, 0.5) is 5.82 Å². The van der Waals surface area contributed by atoms with Gasteiger partial charge in [-0.05, 0) is 46.6 Å². The zero-order chi connectivity index (χ0) is 21.1. The molecule has 0 saturated carbocycles. The summed E-state index contributed by atoms with van der Waals surface area (Å²) < 4.78 is 17.9. The molecule has 0 fully saturated rings. The molecule has 0 atom stereocenters. The number of hydrogen-bond donors (Lipinski definition) is 1. The Morgan fingerprint density at radius 3 is 2.73 bits per heavy atom. The number of aryl methyl sites for hydroxylation is 1. The summed E-state index contributed by atoms with van der Waals surface area (Å²) >= 11 is 3.64. The molecule has 0 aliphatic carbocycles. The third-order valence-corrected chi connectivity index (χ3v) is 5.69. The van der Waals surface area contributed by atoms with Crippen LogP contribution in [0.15, 0.2) is 45.3 Å². The summed E-state index contributed by atoms with van der Waals surface area (Å²) in [6.07, 6.45) is 2.93. The van der Waals surface area contributed by atoms with E-state index in [0.717, 1.165) is 68.7 Å². The number of nitrogens with one attached hydrogen (secondary N) is 1. The van der Waals surface area contributed by atoms with Gasteiger partial charge in [0.2, 0.25) is 0 Å². The Morgan fingerprint density at radius 1 is 1.10 bits per heavy atom. The van der Waals surface area contributed by atoms with E-state index in [1.165, 1.54) is 0 Å². The number of unbranched alkanes of at least 4 members (excludes halogenated alkanes) is 1. The van der Waals surface area contributed by atoms with Gasteiger partial charge < -0.3 is 19.2 Å². The summed E-state index contributed by atoms with van der Waals surface area (Å²) in [6, 6.07) is 11.7. The molecular formula is C23H24BrN3O3. The lowest BCUT2D eigenvalue weighted by molar-refractivity contribution is 0.391. The fourth-order valence-corrected chi connectivity index (χ4v) is 3.97. The van der Waals surface area contributed by atoms with Crippen LogP contribution in [0.2, 0.25) is 0 Å². The minimum atomic E-state index is 0.534.